The van der Waals surface area contributed by atoms with E-state index < -0.39 is 12.1 Å². The monoisotopic (exact) mass is 424 g/mol. The molecule has 0 heterocycles. The highest BCUT2D eigenvalue weighted by atomic mass is 16.4. The summed E-state index contributed by atoms with van der Waals surface area (Å²) < 4.78 is 0. The van der Waals surface area contributed by atoms with E-state index in [2.05, 4.69) is 41.4 Å². The van der Waals surface area contributed by atoms with Crippen molar-refractivity contribution in [1.82, 2.24) is 5.32 Å². The van der Waals surface area contributed by atoms with Crippen molar-refractivity contribution in [1.29, 1.82) is 0 Å². The maximum absolute atomic E-state index is 10.2. The molecular weight excluding hydrogens is 392 g/mol. The Labute approximate surface area is 183 Å². The largest absolute Gasteiger partial charge is 0.478 e. The summed E-state index contributed by atoms with van der Waals surface area (Å²) in [7, 11) is 0. The number of aromatic carboxylic acids is 1. The van der Waals surface area contributed by atoms with Gasteiger partial charge in [-0.25, -0.2) is 9.59 Å². The molecule has 6 nitrogen and oxygen atoms in total. The zero-order chi connectivity index (χ0) is 22.3. The summed E-state index contributed by atoms with van der Waals surface area (Å²) in [4.78, 5) is 19.0. The molecule has 0 unspecified atom stereocenters. The van der Waals surface area contributed by atoms with Crippen molar-refractivity contribution in [2.24, 2.45) is 23.5 Å². The van der Waals surface area contributed by atoms with Gasteiger partial charge in [0.2, 0.25) is 0 Å². The minimum absolute atomic E-state index is 0.331. The van der Waals surface area contributed by atoms with Crippen molar-refractivity contribution in [2.75, 3.05) is 0 Å². The van der Waals surface area contributed by atoms with Crippen LogP contribution in [0, 0.1) is 17.8 Å². The van der Waals surface area contributed by atoms with Gasteiger partial charge in [-0.3, -0.25) is 0 Å². The number of hydrogen-bond donors (Lipinski definition) is 4. The summed E-state index contributed by atoms with van der Waals surface area (Å²) in [6.45, 7) is 1.06. The Morgan fingerprint density at radius 1 is 0.839 bits per heavy atom. The first-order chi connectivity index (χ1) is 14.8. The van der Waals surface area contributed by atoms with Gasteiger partial charge in [-0.1, -0.05) is 48.5 Å². The van der Waals surface area contributed by atoms with Crippen molar-refractivity contribution < 1.29 is 19.8 Å². The number of rotatable bonds is 4. The minimum Gasteiger partial charge on any atom is -0.478 e. The Bertz CT molecular complexity index is 815. The molecule has 4 fully saturated rings. The third-order valence-corrected chi connectivity index (χ3v) is 6.57. The van der Waals surface area contributed by atoms with Gasteiger partial charge < -0.3 is 21.3 Å². The Morgan fingerprint density at radius 3 is 1.65 bits per heavy atom. The van der Waals surface area contributed by atoms with E-state index in [0.29, 0.717) is 11.1 Å². The molecule has 1 amide bonds. The highest BCUT2D eigenvalue weighted by Crippen LogP contribution is 2.55. The normalized spacial score (nSPS) is 27.3. The first kappa shape index (κ1) is 22.8. The second kappa shape index (κ2) is 10.4. The van der Waals surface area contributed by atoms with Crippen molar-refractivity contribution in [2.45, 2.75) is 50.6 Å². The molecule has 0 spiro atoms. The third-order valence-electron chi connectivity index (χ3n) is 6.57. The molecule has 4 aliphatic rings. The van der Waals surface area contributed by atoms with Gasteiger partial charge in [0, 0.05) is 12.1 Å². The van der Waals surface area contributed by atoms with Crippen LogP contribution in [0.2, 0.25) is 0 Å². The van der Waals surface area contributed by atoms with Crippen LogP contribution < -0.4 is 11.1 Å². The lowest BCUT2D eigenvalue weighted by molar-refractivity contribution is -0.0206. The number of carboxylic acid groups (broad SMARTS) is 2. The summed E-state index contributed by atoms with van der Waals surface area (Å²) in [5.41, 5.74) is 6.30. The number of hydrogen-bond acceptors (Lipinski definition) is 3. The molecule has 5 N–H and O–H groups in total. The zero-order valence-corrected chi connectivity index (χ0v) is 17.7. The van der Waals surface area contributed by atoms with Crippen molar-refractivity contribution in [3.8, 4) is 0 Å². The molecule has 166 valence electrons. The van der Waals surface area contributed by atoms with E-state index in [-0.39, 0.29) is 0 Å². The lowest BCUT2D eigenvalue weighted by atomic mass is 9.53. The lowest BCUT2D eigenvalue weighted by Crippen LogP contribution is -2.58. The predicted octanol–water partition coefficient (Wildman–Crippen LogP) is 4.75. The first-order valence-electron chi connectivity index (χ1n) is 10.9. The molecule has 4 aliphatic carbocycles. The molecule has 4 bridgehead atoms. The van der Waals surface area contributed by atoms with Crippen LogP contribution in [0.15, 0.2) is 60.7 Å². The lowest BCUT2D eigenvalue weighted by Gasteiger charge is -2.57. The average molecular weight is 425 g/mol. The molecule has 6 rings (SSSR count). The number of carboxylic acids is 1. The number of carbonyl (C=O) groups is 2. The van der Waals surface area contributed by atoms with Gasteiger partial charge in [0.05, 0.1) is 5.56 Å². The molecule has 31 heavy (non-hydrogen) atoms. The maximum atomic E-state index is 10.2. The van der Waals surface area contributed by atoms with Crippen LogP contribution in [0.4, 0.5) is 4.79 Å². The standard InChI is InChI=1S/C17H23N.C7H6O2.CH3NO2/c1-2-4-13(5-3-1)12-18-17-9-14-6-15(10-17)8-16(7-14)11-17;8-7(9)6-4-2-1-3-5-6;2-1(3)4/h1-5,14-16,18H,6-12H2;1-5H,(H,8,9);2H2,(H,3,4). The van der Waals surface area contributed by atoms with E-state index in [0.717, 1.165) is 24.3 Å². The number of nitrogens with two attached hydrogens (primary N) is 1. The Hall–Kier alpha value is -2.86. The average Bonchev–Trinajstić information content (AvgIpc) is 2.73. The summed E-state index contributed by atoms with van der Waals surface area (Å²) in [5, 5.41) is 19.5. The van der Waals surface area contributed by atoms with Crippen LogP contribution in [-0.2, 0) is 6.54 Å². The van der Waals surface area contributed by atoms with E-state index in [1.165, 1.54) is 44.1 Å². The molecule has 6 heteroatoms. The van der Waals surface area contributed by atoms with Gasteiger partial charge in [0.25, 0.3) is 0 Å². The van der Waals surface area contributed by atoms with Gasteiger partial charge in [-0.15, -0.1) is 0 Å². The quantitative estimate of drug-likeness (QED) is 0.566. The number of primary amides is 1. The highest BCUT2D eigenvalue weighted by Gasteiger charge is 2.50. The van der Waals surface area contributed by atoms with Gasteiger partial charge in [0.15, 0.2) is 0 Å². The van der Waals surface area contributed by atoms with Gasteiger partial charge in [0.1, 0.15) is 0 Å². The van der Waals surface area contributed by atoms with Gasteiger partial charge in [-0.05, 0) is 74.0 Å². The van der Waals surface area contributed by atoms with Crippen LogP contribution in [0.5, 0.6) is 0 Å². The molecular formula is C25H32N2O4. The van der Waals surface area contributed by atoms with Crippen molar-refractivity contribution in [3.63, 3.8) is 0 Å². The molecule has 0 saturated heterocycles. The zero-order valence-electron chi connectivity index (χ0n) is 17.7. The van der Waals surface area contributed by atoms with E-state index in [1.807, 2.05) is 0 Å². The smallest absolute Gasteiger partial charge is 0.402 e. The fourth-order valence-electron chi connectivity index (χ4n) is 5.79. The molecule has 2 aromatic carbocycles. The van der Waals surface area contributed by atoms with Crippen LogP contribution in [0.25, 0.3) is 0 Å². The molecule has 0 radical (unpaired) electrons. The fraction of sp³-hybridized carbons (Fsp3) is 0.440. The molecule has 0 aliphatic heterocycles. The Kier molecular flexibility index (Phi) is 7.69. The Morgan fingerprint density at radius 2 is 1.26 bits per heavy atom. The van der Waals surface area contributed by atoms with E-state index in [1.54, 1.807) is 30.3 Å². The molecule has 4 saturated carbocycles. The van der Waals surface area contributed by atoms with E-state index in [9.17, 15) is 4.79 Å². The van der Waals surface area contributed by atoms with Crippen LogP contribution in [0.1, 0.15) is 54.4 Å². The molecule has 2 aromatic rings. The van der Waals surface area contributed by atoms with Crippen LogP contribution >= 0.6 is 0 Å². The second-order valence-corrected chi connectivity index (χ2v) is 9.05. The summed E-state index contributed by atoms with van der Waals surface area (Å²) in [5.74, 6) is 2.24. The minimum atomic E-state index is -1.33. The fourth-order valence-corrected chi connectivity index (χ4v) is 5.79. The van der Waals surface area contributed by atoms with Crippen LogP contribution in [-0.4, -0.2) is 27.8 Å². The summed E-state index contributed by atoms with van der Waals surface area (Å²) in [6, 6.07) is 19.2. The predicted molar refractivity (Wildman–Crippen MR) is 120 cm³/mol. The first-order valence-corrected chi connectivity index (χ1v) is 10.9. The van der Waals surface area contributed by atoms with Crippen molar-refractivity contribution >= 4 is 12.1 Å². The summed E-state index contributed by atoms with van der Waals surface area (Å²) in [6.07, 6.45) is 7.62. The van der Waals surface area contributed by atoms with Crippen LogP contribution in [0.3, 0.4) is 0 Å². The van der Waals surface area contributed by atoms with Crippen molar-refractivity contribution in [3.05, 3.63) is 71.8 Å². The third kappa shape index (κ3) is 6.82. The molecule has 0 atom stereocenters. The van der Waals surface area contributed by atoms with E-state index >= 15 is 0 Å². The van der Waals surface area contributed by atoms with E-state index in [4.69, 9.17) is 15.0 Å². The topological polar surface area (TPSA) is 113 Å². The SMILES string of the molecule is NC(=O)O.O=C(O)c1ccccc1.c1ccc(CNC23CC4CC(CC(C4)C2)C3)cc1. The molecule has 0 aromatic heterocycles. The summed E-state index contributed by atoms with van der Waals surface area (Å²) >= 11 is 0. The Balaban J connectivity index is 0.000000176. The number of amides is 1. The second-order valence-electron chi connectivity index (χ2n) is 9.05. The highest BCUT2D eigenvalue weighted by molar-refractivity contribution is 5.87. The maximum Gasteiger partial charge on any atom is 0.402 e. The van der Waals surface area contributed by atoms with Gasteiger partial charge >= 0.3 is 12.1 Å². The number of nitrogens with one attached hydrogen (secondary N) is 1. The number of benzene rings is 2. The van der Waals surface area contributed by atoms with Gasteiger partial charge in [-0.2, -0.15) is 0 Å².